The number of phosphoric acid groups is 1. The van der Waals surface area contributed by atoms with E-state index >= 15 is 0 Å². The zero-order valence-electron chi connectivity index (χ0n) is 56.1. The second-order valence-electron chi connectivity index (χ2n) is 25.6. The first-order chi connectivity index (χ1) is 41.0. The third-order valence-electron chi connectivity index (χ3n) is 16.0. The Morgan fingerprint density at radius 3 is 1.02 bits per heavy atom. The largest absolute Gasteiger partial charge is 0.756 e. The van der Waals surface area contributed by atoms with Gasteiger partial charge >= 0.3 is 11.9 Å². The fraction of sp³-hybridized carbons (Fsp3) is 0.838. The summed E-state index contributed by atoms with van der Waals surface area (Å²) in [6, 6.07) is 0. The number of likely N-dealkylation sites (N-methyl/N-ethyl adjacent to an activating group) is 1. The highest BCUT2D eigenvalue weighted by Crippen LogP contribution is 2.38. The molecule has 0 aliphatic rings. The summed E-state index contributed by atoms with van der Waals surface area (Å²) in [6.07, 6.45) is 86.0. The molecular weight excluding hydrogens is 1060 g/mol. The maximum atomic E-state index is 12.9. The summed E-state index contributed by atoms with van der Waals surface area (Å²) in [7, 11) is 1.18. The van der Waals surface area contributed by atoms with Crippen molar-refractivity contribution in [1.29, 1.82) is 0 Å². The number of allylic oxidation sites excluding steroid dienone is 10. The molecule has 0 saturated heterocycles. The van der Waals surface area contributed by atoms with E-state index in [2.05, 4.69) is 74.6 Å². The molecule has 9 nitrogen and oxygen atoms in total. The molecule has 0 saturated carbocycles. The Morgan fingerprint density at radius 1 is 0.381 bits per heavy atom. The molecule has 0 aliphatic carbocycles. The van der Waals surface area contributed by atoms with Gasteiger partial charge in [0.25, 0.3) is 7.82 Å². The van der Waals surface area contributed by atoms with Gasteiger partial charge in [0.1, 0.15) is 19.8 Å². The van der Waals surface area contributed by atoms with Crippen LogP contribution < -0.4 is 4.89 Å². The Morgan fingerprint density at radius 2 is 0.679 bits per heavy atom. The first kappa shape index (κ1) is 81.7. The second-order valence-corrected chi connectivity index (χ2v) is 27.0. The average Bonchev–Trinajstić information content (AvgIpc) is 3.61. The third kappa shape index (κ3) is 68.8. The number of unbranched alkanes of at least 4 members (excludes halogenated alkanes) is 43. The van der Waals surface area contributed by atoms with E-state index in [9.17, 15) is 19.0 Å². The number of phosphoric ester groups is 1. The third-order valence-corrected chi connectivity index (χ3v) is 17.0. The van der Waals surface area contributed by atoms with Crippen LogP contribution in [0.4, 0.5) is 0 Å². The van der Waals surface area contributed by atoms with Crippen molar-refractivity contribution in [3.8, 4) is 0 Å². The van der Waals surface area contributed by atoms with Crippen molar-refractivity contribution in [2.75, 3.05) is 47.5 Å². The fourth-order valence-electron chi connectivity index (χ4n) is 10.5. The smallest absolute Gasteiger partial charge is 0.306 e. The van der Waals surface area contributed by atoms with Crippen LogP contribution in [0.5, 0.6) is 0 Å². The van der Waals surface area contributed by atoms with E-state index in [-0.39, 0.29) is 32.0 Å². The van der Waals surface area contributed by atoms with E-state index in [0.29, 0.717) is 17.4 Å². The molecule has 84 heavy (non-hydrogen) atoms. The molecule has 10 heteroatoms. The van der Waals surface area contributed by atoms with Gasteiger partial charge in [-0.05, 0) is 77.0 Å². The monoisotopic (exact) mass is 1200 g/mol. The lowest BCUT2D eigenvalue weighted by Crippen LogP contribution is -2.37. The van der Waals surface area contributed by atoms with Crippen molar-refractivity contribution in [2.24, 2.45) is 0 Å². The predicted molar refractivity (Wildman–Crippen MR) is 360 cm³/mol. The van der Waals surface area contributed by atoms with E-state index in [1.165, 1.54) is 250 Å². The summed E-state index contributed by atoms with van der Waals surface area (Å²) in [6.45, 7) is 4.19. The molecule has 0 amide bonds. The Labute approximate surface area is 521 Å². The average molecular weight is 1200 g/mol. The Bertz CT molecular complexity index is 1600. The van der Waals surface area contributed by atoms with Gasteiger partial charge in [0, 0.05) is 12.8 Å². The van der Waals surface area contributed by atoms with Crippen LogP contribution in [0.25, 0.3) is 0 Å². The summed E-state index contributed by atoms with van der Waals surface area (Å²) in [5.41, 5.74) is 0. The van der Waals surface area contributed by atoms with Gasteiger partial charge in [0.2, 0.25) is 0 Å². The zero-order valence-corrected chi connectivity index (χ0v) is 57.0. The SMILES string of the molecule is CC/C=C\C/C=C\C/C=C\C/C=C\CCCCCCCCCCCCCCCCCCCCC(=O)OC(COC(=O)CCCCCCCCCCCCCCCCCCC/C=C\CCCCCCCCCC)COP(=O)([O-])OCC[N+](C)(C)C. The molecule has 0 rings (SSSR count). The molecular formula is C74H138NO8P. The second kappa shape index (κ2) is 65.2. The highest BCUT2D eigenvalue weighted by molar-refractivity contribution is 7.45. The molecule has 2 atom stereocenters. The van der Waals surface area contributed by atoms with Crippen molar-refractivity contribution in [2.45, 2.75) is 354 Å². The number of hydrogen-bond acceptors (Lipinski definition) is 8. The van der Waals surface area contributed by atoms with Crippen LogP contribution in [0.3, 0.4) is 0 Å². The Hall–Kier alpha value is -2.29. The van der Waals surface area contributed by atoms with Crippen molar-refractivity contribution in [3.05, 3.63) is 60.8 Å². The van der Waals surface area contributed by atoms with Crippen LogP contribution in [0, 0.1) is 0 Å². The standard InChI is InChI=1S/C74H138NO8P/c1-6-8-10-12-14-16-18-20-22-24-26-28-30-32-34-36-37-39-41-43-45-47-49-51-53-55-57-59-61-63-65-67-74(77)83-72(71-82-84(78,79)81-69-68-75(3,4)5)70-80-73(76)66-64-62-60-58-56-54-52-50-48-46-44-42-40-38-35-33-31-29-27-25-23-21-19-17-15-13-11-9-7-2/h8,10,14,16,20,22,25-28,72H,6-7,9,11-13,15,17-19,21,23-24,29-71H2,1-5H3/b10-8-,16-14-,22-20-,27-25-,28-26-. The van der Waals surface area contributed by atoms with Crippen LogP contribution in [-0.2, 0) is 32.7 Å². The summed E-state index contributed by atoms with van der Waals surface area (Å²) < 4.78 is 34.4. The van der Waals surface area contributed by atoms with Gasteiger partial charge in [0.05, 0.1) is 27.7 Å². The number of nitrogens with zero attached hydrogens (tertiary/aromatic N) is 1. The molecule has 0 heterocycles. The number of hydrogen-bond donors (Lipinski definition) is 0. The van der Waals surface area contributed by atoms with Gasteiger partial charge in [-0.2, -0.15) is 0 Å². The van der Waals surface area contributed by atoms with Crippen molar-refractivity contribution in [1.82, 2.24) is 0 Å². The van der Waals surface area contributed by atoms with Crippen LogP contribution in [0.15, 0.2) is 60.8 Å². The maximum absolute atomic E-state index is 12.9. The van der Waals surface area contributed by atoms with Crippen LogP contribution in [0.2, 0.25) is 0 Å². The number of quaternary nitrogens is 1. The molecule has 0 aliphatic heterocycles. The minimum atomic E-state index is -4.64. The lowest BCUT2D eigenvalue weighted by atomic mass is 10.0. The minimum absolute atomic E-state index is 0.0294. The summed E-state index contributed by atoms with van der Waals surface area (Å²) in [5, 5.41) is 0. The number of carbonyl (C=O) groups is 2. The number of rotatable bonds is 67. The van der Waals surface area contributed by atoms with Crippen molar-refractivity contribution < 1.29 is 42.1 Å². The molecule has 0 aromatic rings. The fourth-order valence-corrected chi connectivity index (χ4v) is 11.3. The highest BCUT2D eigenvalue weighted by Gasteiger charge is 2.22. The Balaban J connectivity index is 3.99. The molecule has 0 N–H and O–H groups in total. The van der Waals surface area contributed by atoms with Gasteiger partial charge < -0.3 is 27.9 Å². The lowest BCUT2D eigenvalue weighted by Gasteiger charge is -2.28. The predicted octanol–water partition coefficient (Wildman–Crippen LogP) is 22.8. The Kier molecular flexibility index (Phi) is 63.4. The quantitative estimate of drug-likeness (QED) is 0.0195. The first-order valence-corrected chi connectivity index (χ1v) is 37.5. The van der Waals surface area contributed by atoms with Gasteiger partial charge in [-0.3, -0.25) is 14.2 Å². The van der Waals surface area contributed by atoms with E-state index in [0.717, 1.165) is 64.2 Å². The van der Waals surface area contributed by atoms with Crippen LogP contribution in [-0.4, -0.2) is 70.0 Å². The zero-order chi connectivity index (χ0) is 61.2. The molecule has 0 aromatic heterocycles. The van der Waals surface area contributed by atoms with E-state index < -0.39 is 26.5 Å². The van der Waals surface area contributed by atoms with E-state index in [1.807, 2.05) is 21.1 Å². The van der Waals surface area contributed by atoms with E-state index in [4.69, 9.17) is 18.5 Å². The normalized spacial score (nSPS) is 13.5. The van der Waals surface area contributed by atoms with Gasteiger partial charge in [-0.1, -0.05) is 319 Å². The molecule has 0 fully saturated rings. The topological polar surface area (TPSA) is 111 Å². The molecule has 0 aromatic carbocycles. The first-order valence-electron chi connectivity index (χ1n) is 36.0. The molecule has 0 radical (unpaired) electrons. The summed E-state index contributed by atoms with van der Waals surface area (Å²) in [4.78, 5) is 38.1. The molecule has 492 valence electrons. The van der Waals surface area contributed by atoms with Crippen molar-refractivity contribution >= 4 is 19.8 Å². The lowest BCUT2D eigenvalue weighted by molar-refractivity contribution is -0.870. The number of esters is 2. The molecule has 2 unspecified atom stereocenters. The van der Waals surface area contributed by atoms with Crippen LogP contribution >= 0.6 is 7.82 Å². The molecule has 0 bridgehead atoms. The molecule has 0 spiro atoms. The number of ether oxygens (including phenoxy) is 2. The summed E-state index contributed by atoms with van der Waals surface area (Å²) in [5.74, 6) is -0.815. The number of carbonyl (C=O) groups excluding carboxylic acids is 2. The maximum Gasteiger partial charge on any atom is 0.306 e. The van der Waals surface area contributed by atoms with Gasteiger partial charge in [-0.15, -0.1) is 0 Å². The summed E-state index contributed by atoms with van der Waals surface area (Å²) >= 11 is 0. The highest BCUT2D eigenvalue weighted by atomic mass is 31.2. The minimum Gasteiger partial charge on any atom is -0.756 e. The van der Waals surface area contributed by atoms with Gasteiger partial charge in [0.15, 0.2) is 6.10 Å². The van der Waals surface area contributed by atoms with Crippen LogP contribution in [0.1, 0.15) is 348 Å². The van der Waals surface area contributed by atoms with Crippen molar-refractivity contribution in [3.63, 3.8) is 0 Å². The van der Waals surface area contributed by atoms with E-state index in [1.54, 1.807) is 0 Å². The van der Waals surface area contributed by atoms with Gasteiger partial charge in [-0.25, -0.2) is 0 Å².